The number of carboxylic acid groups (broad SMARTS) is 1. The summed E-state index contributed by atoms with van der Waals surface area (Å²) in [6, 6.07) is 0. The number of carboxylic acids is 1. The van der Waals surface area contributed by atoms with E-state index in [1.165, 1.54) is 22.1 Å². The minimum absolute atomic E-state index is 0.0302. The summed E-state index contributed by atoms with van der Waals surface area (Å²) in [6.45, 7) is 3.53. The van der Waals surface area contributed by atoms with Crippen molar-refractivity contribution in [2.45, 2.75) is 19.2 Å². The fourth-order valence-electron chi connectivity index (χ4n) is 2.09. The van der Waals surface area contributed by atoms with Crippen molar-refractivity contribution in [1.82, 2.24) is 9.88 Å². The molecule has 0 unspecified atom stereocenters. The van der Waals surface area contributed by atoms with Gasteiger partial charge in [0.05, 0.1) is 11.3 Å². The van der Waals surface area contributed by atoms with E-state index in [4.69, 9.17) is 9.52 Å². The first-order valence-corrected chi connectivity index (χ1v) is 6.51. The Labute approximate surface area is 112 Å². The second-order valence-corrected chi connectivity index (χ2v) is 5.21. The van der Waals surface area contributed by atoms with Gasteiger partial charge in [0.15, 0.2) is 11.7 Å². The number of hydrogen-bond donors (Lipinski definition) is 1. The first-order valence-electron chi connectivity index (χ1n) is 5.57. The summed E-state index contributed by atoms with van der Waals surface area (Å²) in [6.07, 6.45) is 1.64. The zero-order chi connectivity index (χ0) is 13.7. The standard InChI is InChI=1S/C12H10N2O4S/c1-5-9(18-6(2)13-5)3-7-10(15)14-8(12(16)17)4-19-11(7)14/h3-4,11H,1-2H3,(H,16,17)/t11-/m0/s1. The number of thioether (sulfide) groups is 1. The van der Waals surface area contributed by atoms with Gasteiger partial charge in [0.25, 0.3) is 5.91 Å². The van der Waals surface area contributed by atoms with Gasteiger partial charge >= 0.3 is 5.97 Å². The van der Waals surface area contributed by atoms with Crippen molar-refractivity contribution in [2.24, 2.45) is 0 Å². The van der Waals surface area contributed by atoms with Crippen molar-refractivity contribution >= 4 is 29.7 Å². The van der Waals surface area contributed by atoms with Crippen molar-refractivity contribution in [3.63, 3.8) is 0 Å². The van der Waals surface area contributed by atoms with Gasteiger partial charge in [-0.2, -0.15) is 0 Å². The average Bonchev–Trinajstić information content (AvgIpc) is 2.87. The topological polar surface area (TPSA) is 83.6 Å². The van der Waals surface area contributed by atoms with Crippen LogP contribution in [0.3, 0.4) is 0 Å². The summed E-state index contributed by atoms with van der Waals surface area (Å²) in [5.74, 6) is -0.299. The number of hydrogen-bond acceptors (Lipinski definition) is 5. The van der Waals surface area contributed by atoms with Gasteiger partial charge in [0.1, 0.15) is 11.1 Å². The third kappa shape index (κ3) is 1.69. The van der Waals surface area contributed by atoms with Crippen LogP contribution in [-0.2, 0) is 9.59 Å². The molecule has 0 bridgehead atoms. The number of rotatable bonds is 2. The van der Waals surface area contributed by atoms with Crippen LogP contribution in [0.2, 0.25) is 0 Å². The highest BCUT2D eigenvalue weighted by Gasteiger charge is 2.49. The number of carbonyl (C=O) groups excluding carboxylic acids is 1. The summed E-state index contributed by atoms with van der Waals surface area (Å²) < 4.78 is 5.39. The third-order valence-electron chi connectivity index (χ3n) is 2.98. The number of carbonyl (C=O) groups is 2. The lowest BCUT2D eigenvalue weighted by Gasteiger charge is -2.36. The van der Waals surface area contributed by atoms with Gasteiger partial charge in [-0.05, 0) is 13.0 Å². The molecular formula is C12H10N2O4S. The predicted octanol–water partition coefficient (Wildman–Crippen LogP) is 1.52. The van der Waals surface area contributed by atoms with E-state index in [1.54, 1.807) is 19.9 Å². The molecule has 2 aliphatic rings. The average molecular weight is 278 g/mol. The zero-order valence-electron chi connectivity index (χ0n) is 10.2. The van der Waals surface area contributed by atoms with Gasteiger partial charge < -0.3 is 9.52 Å². The minimum atomic E-state index is -1.09. The van der Waals surface area contributed by atoms with Crippen molar-refractivity contribution in [3.8, 4) is 0 Å². The van der Waals surface area contributed by atoms with Gasteiger partial charge in [-0.15, -0.1) is 11.8 Å². The fourth-order valence-corrected chi connectivity index (χ4v) is 3.21. The number of nitrogens with zero attached hydrogens (tertiary/aromatic N) is 2. The molecule has 3 rings (SSSR count). The molecule has 1 N–H and O–H groups in total. The van der Waals surface area contributed by atoms with Crippen LogP contribution in [0.1, 0.15) is 17.3 Å². The number of oxazole rings is 1. The van der Waals surface area contributed by atoms with Crippen LogP contribution < -0.4 is 0 Å². The minimum Gasteiger partial charge on any atom is -0.477 e. The van der Waals surface area contributed by atoms with E-state index in [0.717, 1.165) is 0 Å². The molecule has 0 saturated carbocycles. The Kier molecular flexibility index (Phi) is 2.53. The monoisotopic (exact) mass is 278 g/mol. The van der Waals surface area contributed by atoms with Crippen molar-refractivity contribution in [2.75, 3.05) is 0 Å². The molecule has 0 aromatic carbocycles. The number of aryl methyl sites for hydroxylation is 2. The van der Waals surface area contributed by atoms with Gasteiger partial charge in [-0.25, -0.2) is 9.78 Å². The summed E-state index contributed by atoms with van der Waals surface area (Å²) >= 11 is 1.30. The fraction of sp³-hybridized carbons (Fsp3) is 0.250. The Bertz CT molecular complexity index is 659. The maximum Gasteiger partial charge on any atom is 0.353 e. The van der Waals surface area contributed by atoms with Gasteiger partial charge in [0, 0.05) is 12.3 Å². The van der Waals surface area contributed by atoms with Crippen molar-refractivity contribution in [3.05, 3.63) is 34.0 Å². The molecule has 7 heteroatoms. The number of aromatic nitrogens is 1. The van der Waals surface area contributed by atoms with E-state index < -0.39 is 5.97 Å². The quantitative estimate of drug-likeness (QED) is 0.652. The zero-order valence-corrected chi connectivity index (χ0v) is 11.0. The Morgan fingerprint density at radius 1 is 1.58 bits per heavy atom. The van der Waals surface area contributed by atoms with E-state index in [9.17, 15) is 9.59 Å². The summed E-state index contributed by atoms with van der Waals surface area (Å²) in [5, 5.41) is 10.2. The lowest BCUT2D eigenvalue weighted by atomic mass is 10.0. The van der Waals surface area contributed by atoms with E-state index in [0.29, 0.717) is 22.9 Å². The molecule has 1 fully saturated rings. The van der Waals surface area contributed by atoms with E-state index in [1.807, 2.05) is 0 Å². The number of aliphatic carboxylic acids is 1. The summed E-state index contributed by atoms with van der Waals surface area (Å²) in [7, 11) is 0. The van der Waals surface area contributed by atoms with E-state index in [-0.39, 0.29) is 17.0 Å². The first-order chi connectivity index (χ1) is 8.99. The normalized spacial score (nSPS) is 23.4. The van der Waals surface area contributed by atoms with Gasteiger partial charge in [-0.1, -0.05) is 0 Å². The molecule has 1 aromatic rings. The van der Waals surface area contributed by atoms with Crippen LogP contribution in [0, 0.1) is 13.8 Å². The molecule has 1 saturated heterocycles. The number of β-lactam (4-membered cyclic amide) rings is 1. The van der Waals surface area contributed by atoms with Crippen LogP contribution in [0.15, 0.2) is 21.1 Å². The molecule has 1 aromatic heterocycles. The lowest BCUT2D eigenvalue weighted by Crippen LogP contribution is -2.51. The maximum atomic E-state index is 12.0. The molecule has 1 atom stereocenters. The summed E-state index contributed by atoms with van der Waals surface area (Å²) in [5.41, 5.74) is 1.28. The molecule has 3 heterocycles. The van der Waals surface area contributed by atoms with Crippen LogP contribution >= 0.6 is 11.8 Å². The Balaban J connectivity index is 1.89. The lowest BCUT2D eigenvalue weighted by molar-refractivity contribution is -0.141. The molecular weight excluding hydrogens is 268 g/mol. The Morgan fingerprint density at radius 3 is 2.89 bits per heavy atom. The molecule has 1 amide bonds. The largest absolute Gasteiger partial charge is 0.477 e. The van der Waals surface area contributed by atoms with E-state index >= 15 is 0 Å². The van der Waals surface area contributed by atoms with Gasteiger partial charge in [0.2, 0.25) is 0 Å². The molecule has 98 valence electrons. The molecule has 0 aliphatic carbocycles. The van der Waals surface area contributed by atoms with Crippen LogP contribution in [-0.4, -0.2) is 32.2 Å². The highest BCUT2D eigenvalue weighted by atomic mass is 32.2. The highest BCUT2D eigenvalue weighted by molar-refractivity contribution is 8.03. The van der Waals surface area contributed by atoms with Crippen LogP contribution in [0.4, 0.5) is 0 Å². The second-order valence-electron chi connectivity index (χ2n) is 4.25. The summed E-state index contributed by atoms with van der Waals surface area (Å²) in [4.78, 5) is 28.3. The molecule has 6 nitrogen and oxygen atoms in total. The molecule has 0 spiro atoms. The maximum absolute atomic E-state index is 12.0. The Morgan fingerprint density at radius 2 is 2.32 bits per heavy atom. The highest BCUT2D eigenvalue weighted by Crippen LogP contribution is 2.45. The smallest absolute Gasteiger partial charge is 0.353 e. The number of amides is 1. The van der Waals surface area contributed by atoms with Crippen LogP contribution in [0.5, 0.6) is 0 Å². The first kappa shape index (κ1) is 12.0. The molecule has 2 aliphatic heterocycles. The third-order valence-corrected chi connectivity index (χ3v) is 4.06. The molecule has 0 radical (unpaired) electrons. The van der Waals surface area contributed by atoms with E-state index in [2.05, 4.69) is 4.98 Å². The number of fused-ring (bicyclic) bond motifs is 1. The van der Waals surface area contributed by atoms with Crippen molar-refractivity contribution in [1.29, 1.82) is 0 Å². The Hall–Kier alpha value is -2.02. The SMILES string of the molecule is Cc1nc(C)c(C=C2C(=O)N3C(C(=O)O)=CS[C@@H]23)o1. The predicted molar refractivity (Wildman–Crippen MR) is 67.9 cm³/mol. The van der Waals surface area contributed by atoms with Crippen molar-refractivity contribution < 1.29 is 19.1 Å². The second kappa shape index (κ2) is 3.99. The molecule has 19 heavy (non-hydrogen) atoms. The van der Waals surface area contributed by atoms with Crippen LogP contribution in [0.25, 0.3) is 6.08 Å². The van der Waals surface area contributed by atoms with Gasteiger partial charge in [-0.3, -0.25) is 9.69 Å².